The van der Waals surface area contributed by atoms with Gasteiger partial charge in [-0.05, 0) is 36.8 Å². The lowest BCUT2D eigenvalue weighted by Crippen LogP contribution is -2.35. The number of amides is 2. The molecule has 3 aromatic rings. The second-order valence-electron chi connectivity index (χ2n) is 7.48. The Morgan fingerprint density at radius 2 is 1.78 bits per heavy atom. The first-order chi connectivity index (χ1) is 15.6. The average Bonchev–Trinajstić information content (AvgIpc) is 3.31. The van der Waals surface area contributed by atoms with Crippen molar-refractivity contribution < 1.29 is 18.7 Å². The van der Waals surface area contributed by atoms with Crippen LogP contribution in [-0.2, 0) is 16.1 Å². The van der Waals surface area contributed by atoms with Gasteiger partial charge in [-0.15, -0.1) is 0 Å². The number of hydrogen-bond acceptors (Lipinski definition) is 5. The first-order valence-corrected chi connectivity index (χ1v) is 10.5. The summed E-state index contributed by atoms with van der Waals surface area (Å²) in [6, 6.07) is 20.3. The molecule has 0 aliphatic heterocycles. The van der Waals surface area contributed by atoms with Gasteiger partial charge in [0.05, 0.1) is 43.3 Å². The number of methoxy groups -OCH3 is 1. The van der Waals surface area contributed by atoms with E-state index in [4.69, 9.17) is 9.15 Å². The maximum absolute atomic E-state index is 12.9. The van der Waals surface area contributed by atoms with E-state index in [0.717, 1.165) is 11.3 Å². The van der Waals surface area contributed by atoms with E-state index in [0.29, 0.717) is 30.9 Å². The van der Waals surface area contributed by atoms with E-state index in [-0.39, 0.29) is 24.4 Å². The highest BCUT2D eigenvalue weighted by molar-refractivity contribution is 6.04. The minimum atomic E-state index is -0.246. The van der Waals surface area contributed by atoms with Crippen molar-refractivity contribution in [3.8, 4) is 0 Å². The third-order valence-corrected chi connectivity index (χ3v) is 5.03. The topological polar surface area (TPSA) is 83.8 Å². The largest absolute Gasteiger partial charge is 0.468 e. The van der Waals surface area contributed by atoms with Gasteiger partial charge in [-0.3, -0.25) is 14.5 Å². The number of furan rings is 1. The third kappa shape index (κ3) is 6.80. The van der Waals surface area contributed by atoms with Crippen LogP contribution in [0.5, 0.6) is 0 Å². The van der Waals surface area contributed by atoms with Crippen molar-refractivity contribution >= 4 is 17.5 Å². The summed E-state index contributed by atoms with van der Waals surface area (Å²) in [6.07, 6.45) is 1.61. The molecule has 2 N–H and O–H groups in total. The molecule has 32 heavy (non-hydrogen) atoms. The zero-order chi connectivity index (χ0) is 22.8. The molecule has 0 saturated carbocycles. The van der Waals surface area contributed by atoms with Gasteiger partial charge in [0.15, 0.2) is 0 Å². The summed E-state index contributed by atoms with van der Waals surface area (Å²) in [6.45, 7) is 3.61. The fraction of sp³-hybridized carbons (Fsp3) is 0.280. The predicted octanol–water partition coefficient (Wildman–Crippen LogP) is 3.86. The second-order valence-corrected chi connectivity index (χ2v) is 7.48. The fourth-order valence-corrected chi connectivity index (χ4v) is 3.34. The molecule has 1 atom stereocenters. The summed E-state index contributed by atoms with van der Waals surface area (Å²) in [5.74, 6) is 0.302. The van der Waals surface area contributed by atoms with E-state index in [1.54, 1.807) is 37.6 Å². The zero-order valence-electron chi connectivity index (χ0n) is 18.4. The van der Waals surface area contributed by atoms with Gasteiger partial charge in [0.1, 0.15) is 5.76 Å². The summed E-state index contributed by atoms with van der Waals surface area (Å²) in [7, 11) is 1.62. The van der Waals surface area contributed by atoms with Gasteiger partial charge in [-0.2, -0.15) is 0 Å². The van der Waals surface area contributed by atoms with Crippen LogP contribution in [-0.4, -0.2) is 43.5 Å². The van der Waals surface area contributed by atoms with Crippen molar-refractivity contribution in [3.05, 3.63) is 89.9 Å². The Morgan fingerprint density at radius 3 is 2.50 bits per heavy atom. The SMILES string of the molecule is COCCN(CC(=O)Nc1ccccc1C(=O)NC(C)c1ccccc1)Cc1ccco1. The summed E-state index contributed by atoms with van der Waals surface area (Å²) in [5.41, 5.74) is 1.90. The number of para-hydroxylation sites is 1. The number of ether oxygens (including phenoxy) is 1. The van der Waals surface area contributed by atoms with Crippen LogP contribution in [0.2, 0.25) is 0 Å². The first-order valence-electron chi connectivity index (χ1n) is 10.5. The number of anilines is 1. The van der Waals surface area contributed by atoms with Gasteiger partial charge < -0.3 is 19.8 Å². The van der Waals surface area contributed by atoms with Crippen molar-refractivity contribution in [1.29, 1.82) is 0 Å². The van der Waals surface area contributed by atoms with Crippen LogP contribution >= 0.6 is 0 Å². The number of nitrogens with one attached hydrogen (secondary N) is 2. The predicted molar refractivity (Wildman–Crippen MR) is 123 cm³/mol. The Morgan fingerprint density at radius 1 is 1.03 bits per heavy atom. The second kappa shape index (κ2) is 11.8. The lowest BCUT2D eigenvalue weighted by molar-refractivity contribution is -0.117. The van der Waals surface area contributed by atoms with Gasteiger partial charge in [0.25, 0.3) is 5.91 Å². The Kier molecular flexibility index (Phi) is 8.60. The average molecular weight is 436 g/mol. The molecule has 1 aromatic heterocycles. The summed E-state index contributed by atoms with van der Waals surface area (Å²) >= 11 is 0. The van der Waals surface area contributed by atoms with E-state index in [9.17, 15) is 9.59 Å². The Bertz CT molecular complexity index is 989. The maximum atomic E-state index is 12.9. The molecule has 1 heterocycles. The third-order valence-electron chi connectivity index (χ3n) is 5.03. The number of benzene rings is 2. The molecule has 0 fully saturated rings. The van der Waals surface area contributed by atoms with Crippen LogP contribution in [0.25, 0.3) is 0 Å². The molecule has 0 saturated heterocycles. The van der Waals surface area contributed by atoms with Crippen LogP contribution in [0.15, 0.2) is 77.4 Å². The molecular weight excluding hydrogens is 406 g/mol. The molecule has 0 spiro atoms. The highest BCUT2D eigenvalue weighted by atomic mass is 16.5. The molecule has 2 aromatic carbocycles. The van der Waals surface area contributed by atoms with E-state index in [1.807, 2.05) is 54.3 Å². The Balaban J connectivity index is 1.65. The lowest BCUT2D eigenvalue weighted by atomic mass is 10.1. The molecule has 1 unspecified atom stereocenters. The van der Waals surface area contributed by atoms with E-state index < -0.39 is 0 Å². The molecule has 3 rings (SSSR count). The van der Waals surface area contributed by atoms with Crippen LogP contribution in [0, 0.1) is 0 Å². The number of carbonyl (C=O) groups is 2. The zero-order valence-corrected chi connectivity index (χ0v) is 18.4. The standard InChI is InChI=1S/C25H29N3O4/c1-19(20-9-4-3-5-10-20)26-25(30)22-12-6-7-13-23(22)27-24(29)18-28(14-16-31-2)17-21-11-8-15-32-21/h3-13,15,19H,14,16-18H2,1-2H3,(H,26,30)(H,27,29). The number of hydrogen-bond donors (Lipinski definition) is 2. The molecule has 168 valence electrons. The van der Waals surface area contributed by atoms with E-state index >= 15 is 0 Å². The first kappa shape index (κ1) is 23.2. The normalized spacial score (nSPS) is 11.8. The highest BCUT2D eigenvalue weighted by Crippen LogP contribution is 2.18. The van der Waals surface area contributed by atoms with Crippen molar-refractivity contribution in [3.63, 3.8) is 0 Å². The summed E-state index contributed by atoms with van der Waals surface area (Å²) in [5, 5.41) is 5.87. The van der Waals surface area contributed by atoms with E-state index in [2.05, 4.69) is 10.6 Å². The smallest absolute Gasteiger partial charge is 0.253 e. The van der Waals surface area contributed by atoms with Crippen LogP contribution in [0.3, 0.4) is 0 Å². The molecule has 0 radical (unpaired) electrons. The Hall–Kier alpha value is -3.42. The van der Waals surface area contributed by atoms with E-state index in [1.165, 1.54) is 0 Å². The molecule has 7 heteroatoms. The Labute approximate surface area is 188 Å². The lowest BCUT2D eigenvalue weighted by Gasteiger charge is -2.21. The number of rotatable bonds is 11. The van der Waals surface area contributed by atoms with Crippen molar-refractivity contribution in [2.75, 3.05) is 32.1 Å². The van der Waals surface area contributed by atoms with Crippen LogP contribution < -0.4 is 10.6 Å². The summed E-state index contributed by atoms with van der Waals surface area (Å²) < 4.78 is 10.6. The van der Waals surface area contributed by atoms with Crippen molar-refractivity contribution in [1.82, 2.24) is 10.2 Å². The molecule has 0 aliphatic carbocycles. The van der Waals surface area contributed by atoms with Crippen molar-refractivity contribution in [2.24, 2.45) is 0 Å². The number of carbonyl (C=O) groups excluding carboxylic acids is 2. The van der Waals surface area contributed by atoms with Crippen LogP contribution in [0.1, 0.15) is 34.6 Å². The fourth-order valence-electron chi connectivity index (χ4n) is 3.34. The maximum Gasteiger partial charge on any atom is 0.253 e. The van der Waals surface area contributed by atoms with Gasteiger partial charge in [-0.1, -0.05) is 42.5 Å². The van der Waals surface area contributed by atoms with Gasteiger partial charge in [0, 0.05) is 13.7 Å². The molecule has 0 bridgehead atoms. The minimum absolute atomic E-state index is 0.139. The number of nitrogens with zero attached hydrogens (tertiary/aromatic N) is 1. The quantitative estimate of drug-likeness (QED) is 0.478. The van der Waals surface area contributed by atoms with Gasteiger partial charge in [-0.25, -0.2) is 0 Å². The molecule has 7 nitrogen and oxygen atoms in total. The van der Waals surface area contributed by atoms with Gasteiger partial charge >= 0.3 is 0 Å². The molecular formula is C25H29N3O4. The summed E-state index contributed by atoms with van der Waals surface area (Å²) in [4.78, 5) is 27.6. The van der Waals surface area contributed by atoms with Crippen LogP contribution in [0.4, 0.5) is 5.69 Å². The molecule has 0 aliphatic rings. The molecule has 2 amide bonds. The van der Waals surface area contributed by atoms with Gasteiger partial charge in [0.2, 0.25) is 5.91 Å². The monoisotopic (exact) mass is 435 g/mol. The minimum Gasteiger partial charge on any atom is -0.468 e. The highest BCUT2D eigenvalue weighted by Gasteiger charge is 2.18. The van der Waals surface area contributed by atoms with Crippen molar-refractivity contribution in [2.45, 2.75) is 19.5 Å².